The smallest absolute Gasteiger partial charge is 0.191 e. The Morgan fingerprint density at radius 3 is 2.38 bits per heavy atom. The van der Waals surface area contributed by atoms with Gasteiger partial charge in [0.05, 0.1) is 0 Å². The van der Waals surface area contributed by atoms with Gasteiger partial charge in [-0.1, -0.05) is 0 Å². The van der Waals surface area contributed by atoms with Crippen LogP contribution in [0.25, 0.3) is 0 Å². The van der Waals surface area contributed by atoms with Gasteiger partial charge in [0, 0.05) is 64.4 Å². The molecule has 0 radical (unpaired) electrons. The van der Waals surface area contributed by atoms with Gasteiger partial charge in [-0.25, -0.2) is 0 Å². The molecule has 24 heavy (non-hydrogen) atoms. The second-order valence-electron chi connectivity index (χ2n) is 7.56. The molecule has 0 aromatic heterocycles. The van der Waals surface area contributed by atoms with E-state index >= 15 is 0 Å². The van der Waals surface area contributed by atoms with E-state index in [2.05, 4.69) is 72.1 Å². The van der Waals surface area contributed by atoms with Crippen LogP contribution in [0.2, 0.25) is 0 Å². The van der Waals surface area contributed by atoms with Gasteiger partial charge in [-0.3, -0.25) is 14.8 Å². The molecule has 0 amide bonds. The molecule has 2 N–H and O–H groups in total. The van der Waals surface area contributed by atoms with E-state index in [0.29, 0.717) is 18.1 Å². The molecule has 6 nitrogen and oxygen atoms in total. The van der Waals surface area contributed by atoms with E-state index in [-0.39, 0.29) is 0 Å². The van der Waals surface area contributed by atoms with Crippen molar-refractivity contribution in [3.8, 4) is 0 Å². The van der Waals surface area contributed by atoms with Gasteiger partial charge >= 0.3 is 0 Å². The monoisotopic (exact) mass is 340 g/mol. The van der Waals surface area contributed by atoms with Crippen molar-refractivity contribution >= 4 is 5.96 Å². The second kappa shape index (κ2) is 10.9. The highest BCUT2D eigenvalue weighted by Crippen LogP contribution is 2.06. The van der Waals surface area contributed by atoms with Crippen LogP contribution in [0.5, 0.6) is 0 Å². The summed E-state index contributed by atoms with van der Waals surface area (Å²) in [5.41, 5.74) is 0. The maximum absolute atomic E-state index is 4.35. The Morgan fingerprint density at radius 2 is 1.79 bits per heavy atom. The van der Waals surface area contributed by atoms with E-state index in [0.717, 1.165) is 51.6 Å². The largest absolute Gasteiger partial charge is 0.356 e. The van der Waals surface area contributed by atoms with Gasteiger partial charge in [-0.05, 0) is 48.2 Å². The van der Waals surface area contributed by atoms with Crippen LogP contribution in [-0.2, 0) is 0 Å². The summed E-state index contributed by atoms with van der Waals surface area (Å²) in [6.45, 7) is 15.5. The Hall–Kier alpha value is -0.850. The van der Waals surface area contributed by atoms with Gasteiger partial charge in [0.25, 0.3) is 0 Å². The summed E-state index contributed by atoms with van der Waals surface area (Å²) in [5.74, 6) is 0.914. The van der Waals surface area contributed by atoms with Gasteiger partial charge < -0.3 is 15.5 Å². The SMILES string of the molecule is CN=C(NCCCN(C(C)C)C(C)C)NCC1CN(C)CCN1C. The van der Waals surface area contributed by atoms with Crippen molar-refractivity contribution in [2.24, 2.45) is 4.99 Å². The topological polar surface area (TPSA) is 46.1 Å². The average molecular weight is 341 g/mol. The van der Waals surface area contributed by atoms with Crippen molar-refractivity contribution in [2.75, 3.05) is 60.4 Å². The second-order valence-corrected chi connectivity index (χ2v) is 7.56. The highest BCUT2D eigenvalue weighted by Gasteiger charge is 2.22. The highest BCUT2D eigenvalue weighted by atomic mass is 15.3. The third-order valence-corrected chi connectivity index (χ3v) is 4.92. The Balaban J connectivity index is 2.28. The number of piperazine rings is 1. The molecule has 6 heteroatoms. The Morgan fingerprint density at radius 1 is 1.12 bits per heavy atom. The summed E-state index contributed by atoms with van der Waals surface area (Å²) >= 11 is 0. The molecular weight excluding hydrogens is 300 g/mol. The van der Waals surface area contributed by atoms with Crippen LogP contribution in [0, 0.1) is 0 Å². The molecule has 0 spiro atoms. The van der Waals surface area contributed by atoms with Gasteiger partial charge in [-0.2, -0.15) is 0 Å². The van der Waals surface area contributed by atoms with Crippen LogP contribution in [0.3, 0.4) is 0 Å². The summed E-state index contributed by atoms with van der Waals surface area (Å²) in [7, 11) is 6.25. The maximum Gasteiger partial charge on any atom is 0.191 e. The van der Waals surface area contributed by atoms with Crippen molar-refractivity contribution in [1.82, 2.24) is 25.3 Å². The van der Waals surface area contributed by atoms with E-state index in [1.54, 1.807) is 0 Å². The first-order valence-electron chi connectivity index (χ1n) is 9.44. The molecule has 1 aliphatic rings. The number of hydrogen-bond acceptors (Lipinski definition) is 4. The zero-order chi connectivity index (χ0) is 18.1. The summed E-state index contributed by atoms with van der Waals surface area (Å²) in [6.07, 6.45) is 1.13. The lowest BCUT2D eigenvalue weighted by Gasteiger charge is -2.38. The molecule has 0 saturated carbocycles. The standard InChI is InChI=1S/C18H40N6/c1-15(2)24(16(3)4)10-8-9-20-18(19-5)21-13-17-14-22(6)11-12-23(17)7/h15-17H,8-14H2,1-7H3,(H2,19,20,21). The van der Waals surface area contributed by atoms with E-state index in [9.17, 15) is 0 Å². The fourth-order valence-electron chi connectivity index (χ4n) is 3.34. The van der Waals surface area contributed by atoms with E-state index in [1.165, 1.54) is 0 Å². The quantitative estimate of drug-likeness (QED) is 0.391. The summed E-state index contributed by atoms with van der Waals surface area (Å²) in [5, 5.41) is 6.93. The minimum absolute atomic E-state index is 0.541. The first-order valence-corrected chi connectivity index (χ1v) is 9.44. The van der Waals surface area contributed by atoms with Crippen LogP contribution in [0.15, 0.2) is 4.99 Å². The number of rotatable bonds is 8. The summed E-state index contributed by atoms with van der Waals surface area (Å²) in [6, 6.07) is 1.74. The third kappa shape index (κ3) is 7.36. The summed E-state index contributed by atoms with van der Waals surface area (Å²) in [4.78, 5) is 11.7. The number of nitrogens with zero attached hydrogens (tertiary/aromatic N) is 4. The van der Waals surface area contributed by atoms with Crippen molar-refractivity contribution in [2.45, 2.75) is 52.2 Å². The minimum Gasteiger partial charge on any atom is -0.356 e. The highest BCUT2D eigenvalue weighted by molar-refractivity contribution is 5.79. The zero-order valence-corrected chi connectivity index (χ0v) is 17.0. The number of hydrogen-bond donors (Lipinski definition) is 2. The molecule has 0 bridgehead atoms. The van der Waals surface area contributed by atoms with Gasteiger partial charge in [0.1, 0.15) is 0 Å². The van der Waals surface area contributed by atoms with Crippen molar-refractivity contribution in [3.05, 3.63) is 0 Å². The predicted molar refractivity (Wildman–Crippen MR) is 105 cm³/mol. The minimum atomic E-state index is 0.541. The molecule has 1 rings (SSSR count). The molecule has 1 heterocycles. The lowest BCUT2D eigenvalue weighted by Crippen LogP contribution is -2.55. The average Bonchev–Trinajstić information content (AvgIpc) is 2.52. The molecule has 1 unspecified atom stereocenters. The van der Waals surface area contributed by atoms with Crippen LogP contribution >= 0.6 is 0 Å². The number of likely N-dealkylation sites (N-methyl/N-ethyl adjacent to an activating group) is 2. The van der Waals surface area contributed by atoms with Gasteiger partial charge in [0.2, 0.25) is 0 Å². The van der Waals surface area contributed by atoms with Gasteiger partial charge in [-0.15, -0.1) is 0 Å². The number of aliphatic imine (C=N–C) groups is 1. The molecule has 0 aromatic rings. The summed E-state index contributed by atoms with van der Waals surface area (Å²) < 4.78 is 0. The first kappa shape index (κ1) is 21.2. The van der Waals surface area contributed by atoms with Crippen LogP contribution in [-0.4, -0.2) is 99.2 Å². The molecule has 0 aromatic carbocycles. The lowest BCUT2D eigenvalue weighted by molar-refractivity contribution is 0.116. The lowest BCUT2D eigenvalue weighted by atomic mass is 10.2. The van der Waals surface area contributed by atoms with Crippen molar-refractivity contribution < 1.29 is 0 Å². The third-order valence-electron chi connectivity index (χ3n) is 4.92. The number of nitrogens with one attached hydrogen (secondary N) is 2. The maximum atomic E-state index is 4.35. The molecule has 0 aliphatic carbocycles. The molecule has 142 valence electrons. The normalized spacial score (nSPS) is 21.1. The Labute approximate surface area is 149 Å². The van der Waals surface area contributed by atoms with Crippen LogP contribution in [0.1, 0.15) is 34.1 Å². The molecule has 1 fully saturated rings. The molecule has 1 saturated heterocycles. The van der Waals surface area contributed by atoms with Crippen LogP contribution in [0.4, 0.5) is 0 Å². The van der Waals surface area contributed by atoms with Crippen LogP contribution < -0.4 is 10.6 Å². The molecular formula is C18H40N6. The first-order chi connectivity index (χ1) is 11.3. The van der Waals surface area contributed by atoms with Crippen molar-refractivity contribution in [3.63, 3.8) is 0 Å². The van der Waals surface area contributed by atoms with E-state index in [4.69, 9.17) is 0 Å². The zero-order valence-electron chi connectivity index (χ0n) is 17.0. The molecule has 1 atom stereocenters. The fraction of sp³-hybridized carbons (Fsp3) is 0.944. The Kier molecular flexibility index (Phi) is 9.63. The van der Waals surface area contributed by atoms with Gasteiger partial charge in [0.15, 0.2) is 5.96 Å². The fourth-order valence-corrected chi connectivity index (χ4v) is 3.34. The number of guanidine groups is 1. The Bertz CT molecular complexity index is 361. The molecule has 1 aliphatic heterocycles. The van der Waals surface area contributed by atoms with E-state index < -0.39 is 0 Å². The van der Waals surface area contributed by atoms with E-state index in [1.807, 2.05) is 7.05 Å². The predicted octanol–water partition coefficient (Wildman–Crippen LogP) is 0.906. The van der Waals surface area contributed by atoms with Crippen molar-refractivity contribution in [1.29, 1.82) is 0 Å².